The van der Waals surface area contributed by atoms with Gasteiger partial charge in [-0.2, -0.15) is 0 Å². The van der Waals surface area contributed by atoms with Gasteiger partial charge < -0.3 is 0 Å². The average molecular weight is 356 g/mol. The lowest BCUT2D eigenvalue weighted by Crippen LogP contribution is -2.24. The van der Waals surface area contributed by atoms with Gasteiger partial charge in [0.05, 0.1) is 12.2 Å². The first-order chi connectivity index (χ1) is 11.9. The van der Waals surface area contributed by atoms with E-state index in [-0.39, 0.29) is 16.9 Å². The number of nitrogens with zero attached hydrogens (tertiary/aromatic N) is 3. The summed E-state index contributed by atoms with van der Waals surface area (Å²) in [5.74, 6) is -0.258. The Morgan fingerprint density at radius 3 is 2.56 bits per heavy atom. The minimum Gasteiger partial charge on any atom is -0.294 e. The van der Waals surface area contributed by atoms with Gasteiger partial charge in [0.15, 0.2) is 5.78 Å². The number of halogens is 1. The summed E-state index contributed by atoms with van der Waals surface area (Å²) < 4.78 is 3.25. The summed E-state index contributed by atoms with van der Waals surface area (Å²) in [6.07, 6.45) is 3.37. The smallest absolute Gasteiger partial charge is 0.282 e. The van der Waals surface area contributed by atoms with Crippen molar-refractivity contribution in [2.24, 2.45) is 0 Å². The molecule has 0 amide bonds. The topological polar surface area (TPSA) is 56.9 Å². The average Bonchev–Trinajstić information content (AvgIpc) is 2.87. The molecule has 2 aromatic heterocycles. The lowest BCUT2D eigenvalue weighted by Gasteiger charge is -2.14. The van der Waals surface area contributed by atoms with Gasteiger partial charge >= 0.3 is 0 Å². The Hall–Kier alpha value is -2.66. The molecule has 128 valence electrons. The number of hydrogen-bond donors (Lipinski definition) is 0. The molecule has 5 nitrogen and oxygen atoms in total. The van der Waals surface area contributed by atoms with Gasteiger partial charge in [-0.25, -0.2) is 4.68 Å². The molecule has 0 bridgehead atoms. The number of ketones is 1. The predicted molar refractivity (Wildman–Crippen MR) is 97.9 cm³/mol. The molecule has 0 saturated heterocycles. The van der Waals surface area contributed by atoms with Crippen molar-refractivity contribution in [3.05, 3.63) is 80.5 Å². The Bertz CT molecular complexity index is 1000. The van der Waals surface area contributed by atoms with Crippen LogP contribution in [0, 0.1) is 13.8 Å². The van der Waals surface area contributed by atoms with E-state index in [1.54, 1.807) is 35.3 Å². The molecule has 3 aromatic rings. The van der Waals surface area contributed by atoms with Crippen molar-refractivity contribution in [2.75, 3.05) is 0 Å². The normalized spacial score (nSPS) is 10.9. The summed E-state index contributed by atoms with van der Waals surface area (Å²) in [6, 6.07) is 9.18. The molecular weight excluding hydrogens is 338 g/mol. The highest BCUT2D eigenvalue weighted by molar-refractivity contribution is 6.30. The van der Waals surface area contributed by atoms with E-state index in [2.05, 4.69) is 4.98 Å². The van der Waals surface area contributed by atoms with Crippen molar-refractivity contribution in [2.45, 2.75) is 27.3 Å². The van der Waals surface area contributed by atoms with E-state index in [0.29, 0.717) is 17.3 Å². The molecular formula is C19H18ClN3O2. The van der Waals surface area contributed by atoms with Crippen LogP contribution < -0.4 is 5.56 Å². The number of carbonyl (C=O) groups excluding carboxylic acids is 1. The van der Waals surface area contributed by atoms with E-state index in [0.717, 1.165) is 16.8 Å². The summed E-state index contributed by atoms with van der Waals surface area (Å²) in [5, 5.41) is 0.599. The van der Waals surface area contributed by atoms with Crippen LogP contribution in [0.2, 0.25) is 5.02 Å². The number of carbonyl (C=O) groups is 1. The Labute approximate surface area is 150 Å². The number of aromatic nitrogens is 3. The molecule has 0 fully saturated rings. The second kappa shape index (κ2) is 6.69. The lowest BCUT2D eigenvalue weighted by molar-refractivity contribution is 0.101. The summed E-state index contributed by atoms with van der Waals surface area (Å²) in [5.41, 5.74) is 3.24. The summed E-state index contributed by atoms with van der Waals surface area (Å²) in [6.45, 7) is 5.62. The summed E-state index contributed by atoms with van der Waals surface area (Å²) in [4.78, 5) is 28.9. The molecule has 0 N–H and O–H groups in total. The van der Waals surface area contributed by atoms with Gasteiger partial charge in [-0.05, 0) is 56.2 Å². The van der Waals surface area contributed by atoms with E-state index in [1.807, 2.05) is 26.0 Å². The van der Waals surface area contributed by atoms with Crippen molar-refractivity contribution in [3.8, 4) is 5.69 Å². The second-order valence-corrected chi connectivity index (χ2v) is 6.49. The van der Waals surface area contributed by atoms with Crippen LogP contribution >= 0.6 is 11.6 Å². The van der Waals surface area contributed by atoms with Crippen LogP contribution in [0.25, 0.3) is 5.69 Å². The van der Waals surface area contributed by atoms with Crippen LogP contribution in [0.3, 0.4) is 0 Å². The van der Waals surface area contributed by atoms with Crippen molar-refractivity contribution in [1.29, 1.82) is 0 Å². The van der Waals surface area contributed by atoms with Gasteiger partial charge in [-0.15, -0.1) is 0 Å². The molecule has 0 aliphatic rings. The van der Waals surface area contributed by atoms with Crippen molar-refractivity contribution in [1.82, 2.24) is 14.3 Å². The molecule has 0 aliphatic heterocycles. The Morgan fingerprint density at radius 1 is 1.20 bits per heavy atom. The van der Waals surface area contributed by atoms with Gasteiger partial charge in [0.1, 0.15) is 5.56 Å². The molecule has 1 aromatic carbocycles. The molecule has 0 unspecified atom stereocenters. The summed E-state index contributed by atoms with van der Waals surface area (Å²) >= 11 is 6.03. The molecule has 25 heavy (non-hydrogen) atoms. The third-order valence-corrected chi connectivity index (χ3v) is 4.28. The number of Topliss-reactive ketones (excluding diaryl/α,β-unsaturated/α-hetero) is 1. The van der Waals surface area contributed by atoms with Gasteiger partial charge in [0, 0.05) is 23.1 Å². The van der Waals surface area contributed by atoms with Gasteiger partial charge in [-0.1, -0.05) is 17.7 Å². The highest BCUT2D eigenvalue weighted by Gasteiger charge is 2.17. The maximum Gasteiger partial charge on any atom is 0.282 e. The number of hydrogen-bond acceptors (Lipinski definition) is 3. The minimum atomic E-state index is -0.335. The Morgan fingerprint density at radius 2 is 1.96 bits per heavy atom. The first-order valence-corrected chi connectivity index (χ1v) is 8.26. The van der Waals surface area contributed by atoms with Crippen molar-refractivity contribution in [3.63, 3.8) is 0 Å². The third kappa shape index (κ3) is 3.42. The molecule has 0 spiro atoms. The molecule has 0 radical (unpaired) electrons. The van der Waals surface area contributed by atoms with E-state index in [1.165, 1.54) is 11.6 Å². The molecule has 0 aliphatic carbocycles. The van der Waals surface area contributed by atoms with Crippen LogP contribution in [0.1, 0.15) is 34.1 Å². The zero-order valence-corrected chi connectivity index (χ0v) is 15.0. The quantitative estimate of drug-likeness (QED) is 0.672. The monoisotopic (exact) mass is 355 g/mol. The fourth-order valence-corrected chi connectivity index (χ4v) is 2.96. The van der Waals surface area contributed by atoms with E-state index in [9.17, 15) is 9.59 Å². The highest BCUT2D eigenvalue weighted by Crippen LogP contribution is 2.19. The largest absolute Gasteiger partial charge is 0.294 e. The van der Waals surface area contributed by atoms with E-state index < -0.39 is 0 Å². The zero-order chi connectivity index (χ0) is 18.1. The molecule has 3 rings (SSSR count). The van der Waals surface area contributed by atoms with Crippen molar-refractivity contribution < 1.29 is 4.79 Å². The fourth-order valence-electron chi connectivity index (χ4n) is 2.73. The fraction of sp³-hybridized carbons (Fsp3) is 0.211. The second-order valence-electron chi connectivity index (χ2n) is 6.05. The highest BCUT2D eigenvalue weighted by atomic mass is 35.5. The number of benzene rings is 1. The van der Waals surface area contributed by atoms with Crippen LogP contribution in [0.5, 0.6) is 0 Å². The van der Waals surface area contributed by atoms with Gasteiger partial charge in [0.2, 0.25) is 0 Å². The Balaban J connectivity index is 2.17. The van der Waals surface area contributed by atoms with Gasteiger partial charge in [0.25, 0.3) is 5.56 Å². The first kappa shape index (κ1) is 17.2. The van der Waals surface area contributed by atoms with Gasteiger partial charge in [-0.3, -0.25) is 19.3 Å². The first-order valence-electron chi connectivity index (χ1n) is 7.88. The minimum absolute atomic E-state index is 0.162. The number of pyridine rings is 1. The maximum absolute atomic E-state index is 12.8. The maximum atomic E-state index is 12.8. The zero-order valence-electron chi connectivity index (χ0n) is 14.3. The lowest BCUT2D eigenvalue weighted by atomic mass is 10.2. The van der Waals surface area contributed by atoms with Crippen LogP contribution in [-0.2, 0) is 6.54 Å². The van der Waals surface area contributed by atoms with E-state index >= 15 is 0 Å². The number of rotatable bonds is 4. The number of aryl methyl sites for hydroxylation is 2. The molecule has 6 heteroatoms. The standard InChI is InChI=1S/C19H18ClN3O2/c1-12-8-16(20)6-7-18(12)23-19(25)17(14(3)24)11-22(23)10-15-5-4-13(2)21-9-15/h4-9,11H,10H2,1-3H3. The van der Waals surface area contributed by atoms with Crippen LogP contribution in [0.15, 0.2) is 47.5 Å². The molecule has 0 atom stereocenters. The predicted octanol–water partition coefficient (Wildman–Crippen LogP) is 3.56. The molecule has 0 saturated carbocycles. The SMILES string of the molecule is CC(=O)c1cn(Cc2ccc(C)nc2)n(-c2ccc(Cl)cc2C)c1=O. The van der Waals surface area contributed by atoms with E-state index in [4.69, 9.17) is 11.6 Å². The summed E-state index contributed by atoms with van der Waals surface area (Å²) in [7, 11) is 0. The van der Waals surface area contributed by atoms with Crippen LogP contribution in [-0.4, -0.2) is 20.1 Å². The molecule has 2 heterocycles. The van der Waals surface area contributed by atoms with Crippen molar-refractivity contribution >= 4 is 17.4 Å². The van der Waals surface area contributed by atoms with Crippen LogP contribution in [0.4, 0.5) is 0 Å². The Kier molecular flexibility index (Phi) is 4.59. The third-order valence-electron chi connectivity index (χ3n) is 4.04.